The van der Waals surface area contributed by atoms with E-state index >= 15 is 0 Å². The van der Waals surface area contributed by atoms with Crippen LogP contribution in [-0.2, 0) is 4.79 Å². The van der Waals surface area contributed by atoms with Gasteiger partial charge in [0.05, 0.1) is 0 Å². The predicted octanol–water partition coefficient (Wildman–Crippen LogP) is 2.06. The molecule has 2 heterocycles. The number of hydrogen-bond acceptors (Lipinski definition) is 5. The topological polar surface area (TPSA) is 59.4 Å². The summed E-state index contributed by atoms with van der Waals surface area (Å²) in [6.45, 7) is 4.70. The summed E-state index contributed by atoms with van der Waals surface area (Å²) in [5.74, 6) is -0.822. The number of nitrogens with zero attached hydrogens (tertiary/aromatic N) is 4. The van der Waals surface area contributed by atoms with E-state index in [-0.39, 0.29) is 17.1 Å². The number of carbonyl (C=O) groups is 1. The van der Waals surface area contributed by atoms with Crippen molar-refractivity contribution in [3.63, 3.8) is 0 Å². The maximum Gasteiger partial charge on any atom is 0.438 e. The number of halogens is 3. The lowest BCUT2D eigenvalue weighted by molar-refractivity contribution is -0.302. The molecule has 1 fully saturated rings. The van der Waals surface area contributed by atoms with Crippen LogP contribution in [0, 0.1) is 0 Å². The second-order valence-electron chi connectivity index (χ2n) is 6.95. The summed E-state index contributed by atoms with van der Waals surface area (Å²) >= 11 is 0. The summed E-state index contributed by atoms with van der Waals surface area (Å²) in [5.41, 5.74) is -2.02. The number of aliphatic hydroxyl groups is 1. The SMILES string of the molecule is CC1=NN(C(=O)CCN2CCN(c3ccccc3)CC2)[C@](O)(C(F)(F)F)C1. The molecule has 2 aliphatic rings. The second kappa shape index (κ2) is 7.47. The Balaban J connectivity index is 1.53. The van der Waals surface area contributed by atoms with E-state index in [4.69, 9.17) is 0 Å². The second-order valence-corrected chi connectivity index (χ2v) is 6.95. The van der Waals surface area contributed by atoms with E-state index in [1.54, 1.807) is 0 Å². The molecule has 148 valence electrons. The summed E-state index contributed by atoms with van der Waals surface area (Å²) in [6, 6.07) is 9.97. The molecule has 1 aromatic carbocycles. The van der Waals surface area contributed by atoms with Crippen molar-refractivity contribution in [1.29, 1.82) is 0 Å². The first-order valence-corrected chi connectivity index (χ1v) is 8.89. The molecule has 2 aliphatic heterocycles. The molecule has 0 bridgehead atoms. The fourth-order valence-electron chi connectivity index (χ4n) is 3.43. The normalized spacial score (nSPS) is 24.3. The number of hydrogen-bond donors (Lipinski definition) is 1. The largest absolute Gasteiger partial charge is 0.438 e. The van der Waals surface area contributed by atoms with Gasteiger partial charge in [-0.05, 0) is 19.1 Å². The average molecular weight is 384 g/mol. The molecule has 27 heavy (non-hydrogen) atoms. The summed E-state index contributed by atoms with van der Waals surface area (Å²) in [5, 5.41) is 13.8. The van der Waals surface area contributed by atoms with Gasteiger partial charge in [-0.25, -0.2) is 0 Å². The van der Waals surface area contributed by atoms with Crippen LogP contribution in [-0.4, -0.2) is 71.3 Å². The van der Waals surface area contributed by atoms with E-state index in [0.717, 1.165) is 18.8 Å². The molecule has 1 N–H and O–H groups in total. The molecule has 0 unspecified atom stereocenters. The van der Waals surface area contributed by atoms with Gasteiger partial charge in [-0.3, -0.25) is 9.69 Å². The van der Waals surface area contributed by atoms with Crippen molar-refractivity contribution >= 4 is 17.3 Å². The minimum absolute atomic E-state index is 0.0830. The van der Waals surface area contributed by atoms with Crippen LogP contribution in [0.3, 0.4) is 0 Å². The van der Waals surface area contributed by atoms with Crippen LogP contribution in [0.5, 0.6) is 0 Å². The highest BCUT2D eigenvalue weighted by Gasteiger charge is 2.62. The van der Waals surface area contributed by atoms with Crippen LogP contribution in [0.15, 0.2) is 35.4 Å². The van der Waals surface area contributed by atoms with Crippen molar-refractivity contribution in [2.75, 3.05) is 37.6 Å². The van der Waals surface area contributed by atoms with Gasteiger partial charge in [-0.2, -0.15) is 23.3 Å². The van der Waals surface area contributed by atoms with Crippen molar-refractivity contribution in [2.24, 2.45) is 5.10 Å². The minimum atomic E-state index is -4.95. The Kier molecular flexibility index (Phi) is 5.43. The van der Waals surface area contributed by atoms with Crippen molar-refractivity contribution in [1.82, 2.24) is 9.91 Å². The third-order valence-corrected chi connectivity index (χ3v) is 4.95. The smallest absolute Gasteiger partial charge is 0.369 e. The summed E-state index contributed by atoms with van der Waals surface area (Å²) in [4.78, 5) is 16.6. The molecule has 3 rings (SSSR count). The van der Waals surface area contributed by atoms with Gasteiger partial charge >= 0.3 is 6.18 Å². The van der Waals surface area contributed by atoms with Crippen molar-refractivity contribution < 1.29 is 23.1 Å². The number of carbonyl (C=O) groups excluding carboxylic acids is 1. The minimum Gasteiger partial charge on any atom is -0.369 e. The first-order valence-electron chi connectivity index (χ1n) is 8.89. The summed E-state index contributed by atoms with van der Waals surface area (Å²) in [6.07, 6.45) is -5.79. The molecule has 1 amide bonds. The number of amides is 1. The quantitative estimate of drug-likeness (QED) is 0.863. The molecule has 6 nitrogen and oxygen atoms in total. The predicted molar refractivity (Wildman–Crippen MR) is 95.3 cm³/mol. The Labute approximate surface area is 155 Å². The van der Waals surface area contributed by atoms with Crippen LogP contribution in [0.4, 0.5) is 18.9 Å². The maximum atomic E-state index is 13.2. The van der Waals surface area contributed by atoms with Gasteiger partial charge in [-0.1, -0.05) is 18.2 Å². The van der Waals surface area contributed by atoms with Gasteiger partial charge < -0.3 is 10.0 Å². The summed E-state index contributed by atoms with van der Waals surface area (Å²) in [7, 11) is 0. The van der Waals surface area contributed by atoms with E-state index in [1.165, 1.54) is 6.92 Å². The van der Waals surface area contributed by atoms with Crippen LogP contribution < -0.4 is 4.90 Å². The van der Waals surface area contributed by atoms with E-state index in [2.05, 4.69) is 10.0 Å². The molecule has 1 aromatic rings. The van der Waals surface area contributed by atoms with Crippen molar-refractivity contribution in [2.45, 2.75) is 31.7 Å². The molecule has 9 heteroatoms. The Morgan fingerprint density at radius 1 is 1.19 bits per heavy atom. The van der Waals surface area contributed by atoms with Crippen molar-refractivity contribution in [3.8, 4) is 0 Å². The van der Waals surface area contributed by atoms with Crippen LogP contribution in [0.1, 0.15) is 19.8 Å². The van der Waals surface area contributed by atoms with Gasteiger partial charge in [0, 0.05) is 57.0 Å². The summed E-state index contributed by atoms with van der Waals surface area (Å²) < 4.78 is 39.6. The Hall–Kier alpha value is -2.13. The zero-order valence-electron chi connectivity index (χ0n) is 15.1. The van der Waals surface area contributed by atoms with Gasteiger partial charge in [0.15, 0.2) is 0 Å². The van der Waals surface area contributed by atoms with Crippen LogP contribution >= 0.6 is 0 Å². The highest BCUT2D eigenvalue weighted by molar-refractivity contribution is 5.89. The highest BCUT2D eigenvalue weighted by atomic mass is 19.4. The number of rotatable bonds is 4. The number of piperazine rings is 1. The molecule has 0 spiro atoms. The zero-order valence-corrected chi connectivity index (χ0v) is 15.1. The zero-order chi connectivity index (χ0) is 19.7. The molecule has 0 radical (unpaired) electrons. The van der Waals surface area contributed by atoms with Gasteiger partial charge in [0.2, 0.25) is 5.91 Å². The third-order valence-electron chi connectivity index (χ3n) is 4.95. The number of alkyl halides is 3. The maximum absolute atomic E-state index is 13.2. The van der Waals surface area contributed by atoms with Crippen molar-refractivity contribution in [3.05, 3.63) is 30.3 Å². The number of anilines is 1. The Morgan fingerprint density at radius 3 is 2.41 bits per heavy atom. The number of hydrazone groups is 1. The van der Waals surface area contributed by atoms with E-state index in [1.807, 2.05) is 35.2 Å². The molecule has 0 aliphatic carbocycles. The Bertz CT molecular complexity index is 702. The van der Waals surface area contributed by atoms with Crippen LogP contribution in [0.2, 0.25) is 0 Å². The molecule has 1 saturated heterocycles. The van der Waals surface area contributed by atoms with E-state index in [0.29, 0.717) is 19.6 Å². The molecule has 0 saturated carbocycles. The standard InChI is InChI=1S/C18H23F3N4O2/c1-14-13-17(27,18(19,20)21)25(22-14)16(26)7-8-23-9-11-24(12-10-23)15-5-3-2-4-6-15/h2-6,27H,7-13H2,1H3/t17-/m1/s1. The third kappa shape index (κ3) is 4.08. The first kappa shape index (κ1) is 19.6. The van der Waals surface area contributed by atoms with E-state index < -0.39 is 24.2 Å². The fourth-order valence-corrected chi connectivity index (χ4v) is 3.43. The average Bonchev–Trinajstić information content (AvgIpc) is 2.96. The monoisotopic (exact) mass is 384 g/mol. The van der Waals surface area contributed by atoms with Crippen LogP contribution in [0.25, 0.3) is 0 Å². The lowest BCUT2D eigenvalue weighted by Gasteiger charge is -2.36. The van der Waals surface area contributed by atoms with Gasteiger partial charge in [0.25, 0.3) is 5.72 Å². The first-order chi connectivity index (χ1) is 12.7. The molecular formula is C18H23F3N4O2. The number of benzene rings is 1. The number of para-hydroxylation sites is 1. The van der Waals surface area contributed by atoms with Gasteiger partial charge in [-0.15, -0.1) is 0 Å². The lowest BCUT2D eigenvalue weighted by atomic mass is 10.1. The van der Waals surface area contributed by atoms with E-state index in [9.17, 15) is 23.1 Å². The molecule has 0 aromatic heterocycles. The highest BCUT2D eigenvalue weighted by Crippen LogP contribution is 2.40. The lowest BCUT2D eigenvalue weighted by Crippen LogP contribution is -2.57. The van der Waals surface area contributed by atoms with Gasteiger partial charge in [0.1, 0.15) is 0 Å². The fraction of sp³-hybridized carbons (Fsp3) is 0.556. The Morgan fingerprint density at radius 2 is 1.81 bits per heavy atom. The molecular weight excluding hydrogens is 361 g/mol. The molecule has 1 atom stereocenters.